The molecule has 0 aromatic rings. The molecule has 0 aromatic heterocycles. The van der Waals surface area contributed by atoms with Crippen LogP contribution in [0.15, 0.2) is 11.6 Å². The van der Waals surface area contributed by atoms with E-state index >= 15 is 0 Å². The summed E-state index contributed by atoms with van der Waals surface area (Å²) in [4.78, 5) is 25.9. The topological polar surface area (TPSA) is 61.4 Å². The minimum Gasteiger partial charge on any atom is -0.337 e. The molecule has 23 heavy (non-hydrogen) atoms. The molecule has 3 amide bonds. The molecular weight excluding hydrogens is 290 g/mol. The molecule has 1 fully saturated rings. The smallest absolute Gasteiger partial charge is 0.321 e. The largest absolute Gasteiger partial charge is 0.337 e. The number of amides is 3. The van der Waals surface area contributed by atoms with Crippen molar-refractivity contribution in [1.82, 2.24) is 15.5 Å². The first-order chi connectivity index (χ1) is 11.0. The minimum absolute atomic E-state index is 0.208. The van der Waals surface area contributed by atoms with Crippen LogP contribution in [-0.4, -0.2) is 43.0 Å². The van der Waals surface area contributed by atoms with Crippen LogP contribution in [0.3, 0.4) is 0 Å². The van der Waals surface area contributed by atoms with Gasteiger partial charge in [-0.3, -0.25) is 15.0 Å². The van der Waals surface area contributed by atoms with Crippen molar-refractivity contribution >= 4 is 11.9 Å². The van der Waals surface area contributed by atoms with Crippen LogP contribution in [0.25, 0.3) is 0 Å². The number of likely N-dealkylation sites (tertiary alicyclic amines) is 1. The van der Waals surface area contributed by atoms with Crippen LogP contribution in [-0.2, 0) is 4.79 Å². The van der Waals surface area contributed by atoms with E-state index in [0.29, 0.717) is 24.9 Å². The summed E-state index contributed by atoms with van der Waals surface area (Å²) in [5.74, 6) is 1.02. The molecule has 0 spiro atoms. The van der Waals surface area contributed by atoms with Crippen molar-refractivity contribution in [2.45, 2.75) is 52.4 Å². The van der Waals surface area contributed by atoms with Crippen LogP contribution in [0.5, 0.6) is 0 Å². The number of rotatable bonds is 5. The van der Waals surface area contributed by atoms with Gasteiger partial charge in [0.25, 0.3) is 0 Å². The molecule has 1 aliphatic carbocycles. The van der Waals surface area contributed by atoms with E-state index in [1.54, 1.807) is 0 Å². The number of nitrogens with zero attached hydrogens (tertiary/aromatic N) is 1. The molecule has 2 atom stereocenters. The Morgan fingerprint density at radius 1 is 1.22 bits per heavy atom. The average molecular weight is 321 g/mol. The van der Waals surface area contributed by atoms with Gasteiger partial charge in [-0.1, -0.05) is 25.5 Å². The van der Waals surface area contributed by atoms with Gasteiger partial charge in [0.2, 0.25) is 5.91 Å². The number of allylic oxidation sites excluding steroid dienone is 1. The zero-order valence-electron chi connectivity index (χ0n) is 14.6. The molecule has 130 valence electrons. The number of nitrogens with one attached hydrogen (secondary N) is 2. The molecule has 0 radical (unpaired) electrons. The van der Waals surface area contributed by atoms with Gasteiger partial charge in [0.1, 0.15) is 0 Å². The van der Waals surface area contributed by atoms with E-state index < -0.39 is 0 Å². The summed E-state index contributed by atoms with van der Waals surface area (Å²) in [5.41, 5.74) is 1.43. The standard InChI is InChI=1S/C18H31N3O2/c1-14-10-15(2)12-21(11-14)13-17(22)20-18(23)19-9-8-16-6-4-3-5-7-16/h6,14-15H,3-5,7-13H2,1-2H3,(H2,19,20,22,23)/t14-,15-/m0/s1. The van der Waals surface area contributed by atoms with E-state index in [1.807, 2.05) is 0 Å². The first kappa shape index (κ1) is 18.0. The van der Waals surface area contributed by atoms with E-state index in [1.165, 1.54) is 24.8 Å². The summed E-state index contributed by atoms with van der Waals surface area (Å²) < 4.78 is 0. The predicted octanol–water partition coefficient (Wildman–Crippen LogP) is 2.68. The molecular formula is C18H31N3O2. The van der Waals surface area contributed by atoms with Crippen LogP contribution in [0, 0.1) is 11.8 Å². The highest BCUT2D eigenvalue weighted by atomic mass is 16.2. The third-order valence-corrected chi connectivity index (χ3v) is 4.68. The maximum atomic E-state index is 12.0. The maximum Gasteiger partial charge on any atom is 0.321 e. The zero-order chi connectivity index (χ0) is 16.7. The maximum absolute atomic E-state index is 12.0. The number of urea groups is 1. The van der Waals surface area contributed by atoms with Crippen LogP contribution < -0.4 is 10.6 Å². The lowest BCUT2D eigenvalue weighted by atomic mass is 9.92. The Balaban J connectivity index is 1.62. The van der Waals surface area contributed by atoms with Crippen molar-refractivity contribution in [3.8, 4) is 0 Å². The predicted molar refractivity (Wildman–Crippen MR) is 92.1 cm³/mol. The van der Waals surface area contributed by atoms with Gasteiger partial charge in [0.15, 0.2) is 0 Å². The van der Waals surface area contributed by atoms with Crippen LogP contribution >= 0.6 is 0 Å². The first-order valence-electron chi connectivity index (χ1n) is 9.01. The van der Waals surface area contributed by atoms with Gasteiger partial charge in [-0.15, -0.1) is 0 Å². The lowest BCUT2D eigenvalue weighted by Gasteiger charge is -2.34. The lowest BCUT2D eigenvalue weighted by molar-refractivity contribution is -0.121. The van der Waals surface area contributed by atoms with E-state index in [4.69, 9.17) is 0 Å². The van der Waals surface area contributed by atoms with Crippen molar-refractivity contribution in [2.24, 2.45) is 11.8 Å². The summed E-state index contributed by atoms with van der Waals surface area (Å²) in [7, 11) is 0. The number of piperidine rings is 1. The molecule has 0 aromatic carbocycles. The molecule has 5 heteroatoms. The highest BCUT2D eigenvalue weighted by Gasteiger charge is 2.23. The van der Waals surface area contributed by atoms with Crippen LogP contribution in [0.2, 0.25) is 0 Å². The Hall–Kier alpha value is -1.36. The third-order valence-electron chi connectivity index (χ3n) is 4.68. The summed E-state index contributed by atoms with van der Waals surface area (Å²) in [5, 5.41) is 5.23. The monoisotopic (exact) mass is 321 g/mol. The molecule has 2 rings (SSSR count). The second kappa shape index (κ2) is 9.06. The van der Waals surface area contributed by atoms with Crippen molar-refractivity contribution < 1.29 is 9.59 Å². The first-order valence-corrected chi connectivity index (χ1v) is 9.01. The van der Waals surface area contributed by atoms with Crippen LogP contribution in [0.1, 0.15) is 52.4 Å². The minimum atomic E-state index is -0.371. The molecule has 1 aliphatic heterocycles. The highest BCUT2D eigenvalue weighted by molar-refractivity contribution is 5.95. The number of carbonyl (C=O) groups excluding carboxylic acids is 2. The fourth-order valence-corrected chi connectivity index (χ4v) is 3.80. The van der Waals surface area contributed by atoms with Gasteiger partial charge in [-0.25, -0.2) is 4.79 Å². The van der Waals surface area contributed by atoms with Crippen molar-refractivity contribution in [3.05, 3.63) is 11.6 Å². The zero-order valence-corrected chi connectivity index (χ0v) is 14.6. The highest BCUT2D eigenvalue weighted by Crippen LogP contribution is 2.20. The third kappa shape index (κ3) is 6.73. The molecule has 0 saturated carbocycles. The second-order valence-corrected chi connectivity index (χ2v) is 7.30. The Morgan fingerprint density at radius 2 is 1.96 bits per heavy atom. The van der Waals surface area contributed by atoms with E-state index in [-0.39, 0.29) is 11.9 Å². The van der Waals surface area contributed by atoms with Crippen molar-refractivity contribution in [1.29, 1.82) is 0 Å². The summed E-state index contributed by atoms with van der Waals surface area (Å²) >= 11 is 0. The van der Waals surface area contributed by atoms with Gasteiger partial charge in [0.05, 0.1) is 6.54 Å². The van der Waals surface area contributed by atoms with Gasteiger partial charge in [0, 0.05) is 19.6 Å². The quantitative estimate of drug-likeness (QED) is 0.765. The molecule has 2 aliphatic rings. The number of hydrogen-bond acceptors (Lipinski definition) is 3. The van der Waals surface area contributed by atoms with Gasteiger partial charge >= 0.3 is 6.03 Å². The van der Waals surface area contributed by atoms with Gasteiger partial charge < -0.3 is 5.32 Å². The number of imide groups is 1. The Labute approximate surface area is 139 Å². The summed E-state index contributed by atoms with van der Waals surface area (Å²) in [6, 6.07) is -0.371. The van der Waals surface area contributed by atoms with Crippen molar-refractivity contribution in [3.63, 3.8) is 0 Å². The Bertz CT molecular complexity index is 438. The fraction of sp³-hybridized carbons (Fsp3) is 0.778. The van der Waals surface area contributed by atoms with Gasteiger partial charge in [-0.2, -0.15) is 0 Å². The molecule has 1 heterocycles. The van der Waals surface area contributed by atoms with E-state index in [9.17, 15) is 9.59 Å². The second-order valence-electron chi connectivity index (χ2n) is 7.30. The van der Waals surface area contributed by atoms with E-state index in [0.717, 1.165) is 32.4 Å². The normalized spacial score (nSPS) is 25.6. The number of carbonyl (C=O) groups is 2. The lowest BCUT2D eigenvalue weighted by Crippen LogP contribution is -2.48. The molecule has 5 nitrogen and oxygen atoms in total. The fourth-order valence-electron chi connectivity index (χ4n) is 3.80. The number of hydrogen-bond donors (Lipinski definition) is 2. The Morgan fingerprint density at radius 3 is 2.61 bits per heavy atom. The Kier molecular flexibility index (Phi) is 7.09. The van der Waals surface area contributed by atoms with Crippen molar-refractivity contribution in [2.75, 3.05) is 26.2 Å². The molecule has 2 N–H and O–H groups in total. The summed E-state index contributed by atoms with van der Waals surface area (Å²) in [6.07, 6.45) is 9.23. The van der Waals surface area contributed by atoms with Crippen LogP contribution in [0.4, 0.5) is 4.79 Å². The average Bonchev–Trinajstić information content (AvgIpc) is 2.47. The molecule has 0 unspecified atom stereocenters. The van der Waals surface area contributed by atoms with E-state index in [2.05, 4.69) is 35.5 Å². The van der Waals surface area contributed by atoms with Gasteiger partial charge in [-0.05, 0) is 50.4 Å². The summed E-state index contributed by atoms with van der Waals surface area (Å²) in [6.45, 7) is 7.22. The SMILES string of the molecule is C[C@H]1C[C@H](C)CN(CC(=O)NC(=O)NCCC2=CCCCC2)C1. The molecule has 0 bridgehead atoms. The molecule has 1 saturated heterocycles.